The van der Waals surface area contributed by atoms with Crippen molar-refractivity contribution in [1.82, 2.24) is 9.97 Å². The van der Waals surface area contributed by atoms with E-state index in [0.717, 1.165) is 98.2 Å². The molecule has 0 saturated heterocycles. The maximum absolute atomic E-state index is 14.4. The second-order valence-electron chi connectivity index (χ2n) is 18.3. The number of rotatable bonds is 6. The number of aromatic nitrogens is 2. The van der Waals surface area contributed by atoms with E-state index in [1.54, 1.807) is 29.5 Å². The number of pyridine rings is 2. The Morgan fingerprint density at radius 3 is 2.41 bits per heavy atom. The maximum atomic E-state index is 14.4. The van der Waals surface area contributed by atoms with Crippen LogP contribution in [-0.4, -0.2) is 23.2 Å². The monoisotopic (exact) mass is 1150 g/mol. The first-order valence-corrected chi connectivity index (χ1v) is 30.5. The van der Waals surface area contributed by atoms with Crippen LogP contribution in [0.5, 0.6) is 0 Å². The van der Waals surface area contributed by atoms with Crippen LogP contribution >= 0.6 is 11.3 Å². The number of hydrogen-bond donors (Lipinski definition) is 0. The van der Waals surface area contributed by atoms with Gasteiger partial charge in [0.1, 0.15) is 16.2 Å². The fourth-order valence-corrected chi connectivity index (χ4v) is 13.8. The van der Waals surface area contributed by atoms with Crippen LogP contribution in [0.25, 0.3) is 80.8 Å². The van der Waals surface area contributed by atoms with Crippen molar-refractivity contribution in [3.8, 4) is 22.4 Å². The van der Waals surface area contributed by atoms with E-state index in [1.165, 1.54) is 22.1 Å². The van der Waals surface area contributed by atoms with E-state index in [4.69, 9.17) is 16.1 Å². The second-order valence-corrected chi connectivity index (χ2v) is 29.9. The molecule has 0 radical (unpaired) electrons. The fraction of sp³-hybridized carbons (Fsp3) is 0.138. The first-order chi connectivity index (χ1) is 32.7. The molecule has 5 nitrogen and oxygen atoms in total. The number of benzene rings is 7. The van der Waals surface area contributed by atoms with Gasteiger partial charge in [-0.1, -0.05) is 47.2 Å². The number of thiophene rings is 1. The van der Waals surface area contributed by atoms with Crippen LogP contribution in [0.2, 0.25) is 17.3 Å². The summed E-state index contributed by atoms with van der Waals surface area (Å²) in [6, 6.07) is 52.8. The van der Waals surface area contributed by atoms with E-state index >= 15 is 0 Å². The van der Waals surface area contributed by atoms with Crippen LogP contribution in [0, 0.1) is 30.7 Å². The standard InChI is InChI=1S/C35H20FN3OS.C23H25FGeN.Ir/c1-19-13-16-29(32-31(19)23-7-2-5-12-30(23)40-32)39-28-11-4-3-10-27(28)37-34(39)24-9-6-8-22-25-18-20-17-21(36)14-15-26(20)38-35(25)41-33(22)24;1-16(2)19-14-23(26-15-22(19)25(3,4)5)18-11-12-21(24)20(13-18)17-9-7-6-8-10-17;/h2-8,10-18,34H,1H3;6-10,12-16H,1-5H3;/q-2;-1;+3/i;16D;. The van der Waals surface area contributed by atoms with Crippen molar-refractivity contribution in [3.63, 3.8) is 0 Å². The van der Waals surface area contributed by atoms with Crippen molar-refractivity contribution in [2.24, 2.45) is 0 Å². The number of halogens is 2. The van der Waals surface area contributed by atoms with Gasteiger partial charge in [0.05, 0.1) is 11.2 Å². The zero-order valence-corrected chi connectivity index (χ0v) is 43.5. The number of nitrogens with zero attached hydrogens (tertiary/aromatic N) is 4. The average molecular weight is 1150 g/mol. The number of anilines is 2. The number of fused-ring (bicyclic) bond motifs is 8. The Morgan fingerprint density at radius 1 is 0.824 bits per heavy atom. The summed E-state index contributed by atoms with van der Waals surface area (Å²) < 4.78 is 45.9. The summed E-state index contributed by atoms with van der Waals surface area (Å²) >= 11 is -0.537. The van der Waals surface area contributed by atoms with Gasteiger partial charge in [-0.25, -0.2) is 9.37 Å². The predicted octanol–water partition coefficient (Wildman–Crippen LogP) is 16.6. The molecule has 10 heteroatoms. The van der Waals surface area contributed by atoms with Crippen LogP contribution in [-0.2, 0) is 20.1 Å². The molecule has 336 valence electrons. The van der Waals surface area contributed by atoms with Gasteiger partial charge in [0, 0.05) is 21.8 Å². The maximum Gasteiger partial charge on any atom is 3.00 e. The van der Waals surface area contributed by atoms with Gasteiger partial charge in [0.2, 0.25) is 0 Å². The summed E-state index contributed by atoms with van der Waals surface area (Å²) in [7, 11) is 0. The van der Waals surface area contributed by atoms with E-state index in [9.17, 15) is 8.78 Å². The molecule has 5 heterocycles. The molecule has 0 amide bonds. The molecular formula is C58H45F2GeIrN4OS. The quantitative estimate of drug-likeness (QED) is 0.123. The molecule has 1 atom stereocenters. The fourth-order valence-electron chi connectivity index (χ4n) is 9.31. The second kappa shape index (κ2) is 18.0. The third-order valence-electron chi connectivity index (χ3n) is 12.6. The number of para-hydroxylation sites is 3. The summed E-state index contributed by atoms with van der Waals surface area (Å²) in [5, 5.41) is 10.3. The Morgan fingerprint density at radius 2 is 1.60 bits per heavy atom. The topological polar surface area (TPSA) is 56.3 Å². The normalized spacial score (nSPS) is 13.9. The molecule has 0 bridgehead atoms. The van der Waals surface area contributed by atoms with Gasteiger partial charge in [-0.05, 0) is 66.5 Å². The number of furan rings is 1. The van der Waals surface area contributed by atoms with Crippen molar-refractivity contribution in [3.05, 3.63) is 198 Å². The molecule has 1 unspecified atom stereocenters. The molecule has 0 spiro atoms. The molecule has 12 rings (SSSR count). The summed E-state index contributed by atoms with van der Waals surface area (Å²) in [6.45, 7) is 5.95. The van der Waals surface area contributed by atoms with E-state index in [0.29, 0.717) is 5.56 Å². The summed E-state index contributed by atoms with van der Waals surface area (Å²) in [4.78, 5) is 12.7. The Bertz CT molecular complexity index is 3770. The molecule has 1 aliphatic heterocycles. The molecule has 68 heavy (non-hydrogen) atoms. The van der Waals surface area contributed by atoms with Gasteiger partial charge in [-0.2, -0.15) is 29.5 Å². The summed E-state index contributed by atoms with van der Waals surface area (Å²) in [5.74, 6) is 5.65. The minimum Gasteiger partial charge on any atom is 3.00 e. The summed E-state index contributed by atoms with van der Waals surface area (Å²) in [5.41, 5.74) is 11.4. The number of aryl methyl sites for hydroxylation is 1. The first kappa shape index (κ1) is 44.3. The minimum atomic E-state index is -2.17. The smallest absolute Gasteiger partial charge is 3.00 e. The molecule has 1 aliphatic rings. The third-order valence-corrected chi connectivity index (χ3v) is 18.0. The minimum absolute atomic E-state index is 0. The van der Waals surface area contributed by atoms with Crippen LogP contribution < -0.4 is 9.30 Å². The van der Waals surface area contributed by atoms with Crippen LogP contribution in [0.15, 0.2) is 156 Å². The SMILES string of the molecule is Cc1ccc(N2c3ccccc3[N-]C2c2[c-]ccc3c2sc2nc4ccc(F)cc4cc23)c2oc3ccccc3c12.[2H]C(C)(C)c1cc(-c2[c-]cc(F)c(-c3ccccc3)c2)nc[c]1[Ge]([CH3])([CH3])[CH3].[Ir+3]. The van der Waals surface area contributed by atoms with Crippen molar-refractivity contribution in [2.45, 2.75) is 50.1 Å². The number of hydrogen-bond acceptors (Lipinski definition) is 5. The van der Waals surface area contributed by atoms with Gasteiger partial charge < -0.3 is 14.6 Å². The molecule has 0 aliphatic carbocycles. The molecular weight excluding hydrogens is 1100 g/mol. The van der Waals surface area contributed by atoms with E-state index in [2.05, 4.69) is 88.7 Å². The van der Waals surface area contributed by atoms with Gasteiger partial charge >= 0.3 is 180 Å². The van der Waals surface area contributed by atoms with E-state index < -0.39 is 19.2 Å². The van der Waals surface area contributed by atoms with Crippen LogP contribution in [0.4, 0.5) is 25.8 Å². The largest absolute Gasteiger partial charge is 3.00 e. The van der Waals surface area contributed by atoms with Crippen molar-refractivity contribution < 1.29 is 34.7 Å². The molecule has 7 aromatic carbocycles. The molecule has 4 aromatic heterocycles. The Hall–Kier alpha value is -6.23. The van der Waals surface area contributed by atoms with Crippen molar-refractivity contribution >= 4 is 99.2 Å². The summed E-state index contributed by atoms with van der Waals surface area (Å²) in [6.07, 6.45) is 1.58. The van der Waals surface area contributed by atoms with Gasteiger partial charge in [0.25, 0.3) is 0 Å². The first-order valence-electron chi connectivity index (χ1n) is 22.8. The van der Waals surface area contributed by atoms with Crippen molar-refractivity contribution in [2.75, 3.05) is 4.90 Å². The van der Waals surface area contributed by atoms with Gasteiger partial charge in [0.15, 0.2) is 5.58 Å². The Kier molecular flexibility index (Phi) is 11.7. The average Bonchev–Trinajstić information content (AvgIpc) is 4.03. The molecule has 11 aromatic rings. The van der Waals surface area contributed by atoms with Crippen LogP contribution in [0.1, 0.15) is 44.0 Å². The Labute approximate surface area is 416 Å². The molecule has 0 saturated carbocycles. The zero-order chi connectivity index (χ0) is 47.1. The third kappa shape index (κ3) is 8.09. The predicted molar refractivity (Wildman–Crippen MR) is 277 cm³/mol. The zero-order valence-electron chi connectivity index (χ0n) is 39.2. The molecule has 0 fully saturated rings. The van der Waals surface area contributed by atoms with Crippen LogP contribution in [0.3, 0.4) is 0 Å². The van der Waals surface area contributed by atoms with E-state index in [-0.39, 0.29) is 37.9 Å². The Balaban J connectivity index is 0.000000173. The van der Waals surface area contributed by atoms with Gasteiger partial charge in [-0.15, -0.1) is 16.6 Å². The van der Waals surface area contributed by atoms with Crippen molar-refractivity contribution in [1.29, 1.82) is 0 Å². The molecule has 0 N–H and O–H groups in total. The van der Waals surface area contributed by atoms with Gasteiger partial charge in [-0.3, -0.25) is 0 Å². The van der Waals surface area contributed by atoms with E-state index in [1.807, 2.05) is 92.8 Å².